The maximum absolute atomic E-state index is 12.7. The lowest BCUT2D eigenvalue weighted by atomic mass is 10.2. The van der Waals surface area contributed by atoms with E-state index in [1.165, 1.54) is 11.3 Å². The minimum atomic E-state index is -0.177. The van der Waals surface area contributed by atoms with Crippen LogP contribution in [-0.4, -0.2) is 32.3 Å². The van der Waals surface area contributed by atoms with Crippen molar-refractivity contribution in [2.24, 2.45) is 0 Å². The highest BCUT2D eigenvalue weighted by Gasteiger charge is 2.19. The molecule has 0 bridgehead atoms. The van der Waals surface area contributed by atoms with Crippen LogP contribution >= 0.6 is 22.9 Å². The van der Waals surface area contributed by atoms with Gasteiger partial charge >= 0.3 is 0 Å². The molecule has 1 aromatic carbocycles. The molecule has 3 aromatic rings. The van der Waals surface area contributed by atoms with Crippen molar-refractivity contribution in [3.63, 3.8) is 0 Å². The predicted octanol–water partition coefficient (Wildman–Crippen LogP) is 3.87. The number of aromatic nitrogens is 3. The molecule has 7 heteroatoms. The van der Waals surface area contributed by atoms with E-state index in [1.54, 1.807) is 21.9 Å². The van der Waals surface area contributed by atoms with Crippen LogP contribution in [0.25, 0.3) is 0 Å². The van der Waals surface area contributed by atoms with E-state index in [4.69, 9.17) is 11.6 Å². The molecule has 128 valence electrons. The minimum absolute atomic E-state index is 0.177. The number of thiophene rings is 1. The summed E-state index contributed by atoms with van der Waals surface area (Å²) >= 11 is 7.42. The number of amides is 1. The third-order valence-electron chi connectivity index (χ3n) is 3.56. The van der Waals surface area contributed by atoms with Crippen molar-refractivity contribution in [2.45, 2.75) is 13.1 Å². The average molecular weight is 373 g/mol. The van der Waals surface area contributed by atoms with Crippen LogP contribution in [0, 0.1) is 0 Å². The van der Waals surface area contributed by atoms with Crippen LogP contribution in [0.5, 0.6) is 0 Å². The van der Waals surface area contributed by atoms with E-state index in [0.717, 1.165) is 10.4 Å². The lowest BCUT2D eigenvalue weighted by molar-refractivity contribution is 0.0758. The van der Waals surface area contributed by atoms with E-state index < -0.39 is 0 Å². The number of nitrogens with zero attached hydrogens (tertiary/aromatic N) is 4. The molecule has 1 amide bonds. The number of carbonyl (C=O) groups excluding carboxylic acids is 1. The van der Waals surface area contributed by atoms with Crippen molar-refractivity contribution in [2.75, 3.05) is 6.54 Å². The number of halogens is 1. The van der Waals surface area contributed by atoms with E-state index >= 15 is 0 Å². The van der Waals surface area contributed by atoms with E-state index in [2.05, 4.69) is 16.9 Å². The highest BCUT2D eigenvalue weighted by atomic mass is 35.5. The number of benzene rings is 1. The second kappa shape index (κ2) is 8.09. The third kappa shape index (κ3) is 4.55. The summed E-state index contributed by atoms with van der Waals surface area (Å²) in [6, 6.07) is 13.7. The van der Waals surface area contributed by atoms with Crippen LogP contribution in [0.15, 0.2) is 61.3 Å². The Morgan fingerprint density at radius 1 is 1.28 bits per heavy atom. The topological polar surface area (TPSA) is 51.0 Å². The molecule has 25 heavy (non-hydrogen) atoms. The van der Waals surface area contributed by atoms with Crippen LogP contribution in [0.3, 0.4) is 0 Å². The number of hydrogen-bond acceptors (Lipinski definition) is 4. The monoisotopic (exact) mass is 372 g/mol. The third-order valence-corrected chi connectivity index (χ3v) is 4.77. The highest BCUT2D eigenvalue weighted by molar-refractivity contribution is 7.16. The van der Waals surface area contributed by atoms with Gasteiger partial charge in [0.2, 0.25) is 0 Å². The van der Waals surface area contributed by atoms with Gasteiger partial charge < -0.3 is 4.90 Å². The Balaban J connectivity index is 1.72. The summed E-state index contributed by atoms with van der Waals surface area (Å²) in [4.78, 5) is 15.4. The molecular formula is C18H17ClN4OS. The van der Waals surface area contributed by atoms with Gasteiger partial charge in [-0.05, 0) is 17.7 Å². The summed E-state index contributed by atoms with van der Waals surface area (Å²) in [5.41, 5.74) is 1.42. The SMILES string of the molecule is C=CCN(Cc1ccc(Cl)s1)C(=O)c1cn(Cc2ccccc2)nn1. The molecule has 3 rings (SSSR count). The zero-order valence-corrected chi connectivity index (χ0v) is 15.1. The second-order valence-electron chi connectivity index (χ2n) is 5.47. The second-order valence-corrected chi connectivity index (χ2v) is 7.27. The van der Waals surface area contributed by atoms with Gasteiger partial charge in [0.05, 0.1) is 23.6 Å². The molecule has 0 fully saturated rings. The van der Waals surface area contributed by atoms with Gasteiger partial charge in [0.15, 0.2) is 5.69 Å². The normalized spacial score (nSPS) is 10.6. The summed E-state index contributed by atoms with van der Waals surface area (Å²) in [6.07, 6.45) is 3.37. The minimum Gasteiger partial charge on any atom is -0.328 e. The maximum Gasteiger partial charge on any atom is 0.276 e. The molecule has 0 saturated carbocycles. The van der Waals surface area contributed by atoms with Crippen molar-refractivity contribution in [1.82, 2.24) is 19.9 Å². The lowest BCUT2D eigenvalue weighted by Gasteiger charge is -2.18. The van der Waals surface area contributed by atoms with Gasteiger partial charge in [-0.15, -0.1) is 23.0 Å². The summed E-state index contributed by atoms with van der Waals surface area (Å²) < 4.78 is 2.37. The molecule has 0 aliphatic heterocycles. The molecule has 0 aliphatic carbocycles. The fourth-order valence-corrected chi connectivity index (χ4v) is 3.51. The first-order valence-corrected chi connectivity index (χ1v) is 8.93. The molecule has 0 aliphatic rings. The summed E-state index contributed by atoms with van der Waals surface area (Å²) in [5.74, 6) is -0.177. The van der Waals surface area contributed by atoms with Gasteiger partial charge in [-0.3, -0.25) is 4.79 Å². The molecule has 0 atom stereocenters. The van der Waals surface area contributed by atoms with Crippen LogP contribution < -0.4 is 0 Å². The average Bonchev–Trinajstić information content (AvgIpc) is 3.24. The Kier molecular flexibility index (Phi) is 5.63. The molecule has 0 radical (unpaired) electrons. The zero-order valence-electron chi connectivity index (χ0n) is 13.5. The van der Waals surface area contributed by atoms with E-state index in [9.17, 15) is 4.79 Å². The first-order chi connectivity index (χ1) is 12.2. The van der Waals surface area contributed by atoms with E-state index in [0.29, 0.717) is 29.7 Å². The van der Waals surface area contributed by atoms with Gasteiger partial charge in [0.25, 0.3) is 5.91 Å². The number of hydrogen-bond donors (Lipinski definition) is 0. The molecule has 0 N–H and O–H groups in total. The molecule has 2 heterocycles. The first kappa shape index (κ1) is 17.4. The summed E-state index contributed by atoms with van der Waals surface area (Å²) in [5, 5.41) is 8.09. The van der Waals surface area contributed by atoms with Gasteiger partial charge in [-0.2, -0.15) is 0 Å². The summed E-state index contributed by atoms with van der Waals surface area (Å²) in [7, 11) is 0. The molecule has 2 aromatic heterocycles. The first-order valence-electron chi connectivity index (χ1n) is 7.74. The van der Waals surface area contributed by atoms with Crippen molar-refractivity contribution in [1.29, 1.82) is 0 Å². The Morgan fingerprint density at radius 3 is 2.76 bits per heavy atom. The quantitative estimate of drug-likeness (QED) is 0.591. The fourth-order valence-electron chi connectivity index (χ4n) is 2.41. The predicted molar refractivity (Wildman–Crippen MR) is 99.8 cm³/mol. The van der Waals surface area contributed by atoms with Gasteiger partial charge in [-0.1, -0.05) is 53.2 Å². The maximum atomic E-state index is 12.7. The fraction of sp³-hybridized carbons (Fsp3) is 0.167. The van der Waals surface area contributed by atoms with Crippen molar-refractivity contribution in [3.8, 4) is 0 Å². The van der Waals surface area contributed by atoms with E-state index in [1.807, 2.05) is 42.5 Å². The Bertz CT molecular complexity index is 859. The van der Waals surface area contributed by atoms with Crippen LogP contribution in [0.4, 0.5) is 0 Å². The highest BCUT2D eigenvalue weighted by Crippen LogP contribution is 2.23. The smallest absolute Gasteiger partial charge is 0.276 e. The Hall–Kier alpha value is -2.44. The van der Waals surface area contributed by atoms with Crippen molar-refractivity contribution in [3.05, 3.63) is 81.8 Å². The molecule has 0 saturated heterocycles. The Labute approximate surface area is 155 Å². The van der Waals surface area contributed by atoms with Crippen LogP contribution in [-0.2, 0) is 13.1 Å². The molecule has 0 unspecified atom stereocenters. The standard InChI is InChI=1S/C18H17ClN4OS/c1-2-10-22(12-15-8-9-17(19)25-15)18(24)16-13-23(21-20-16)11-14-6-4-3-5-7-14/h2-9,13H,1,10-12H2. The van der Waals surface area contributed by atoms with Crippen molar-refractivity contribution >= 4 is 28.8 Å². The lowest BCUT2D eigenvalue weighted by Crippen LogP contribution is -2.30. The van der Waals surface area contributed by atoms with Crippen molar-refractivity contribution < 1.29 is 4.79 Å². The van der Waals surface area contributed by atoms with E-state index in [-0.39, 0.29) is 5.91 Å². The van der Waals surface area contributed by atoms with Gasteiger partial charge in [-0.25, -0.2) is 4.68 Å². The molecule has 5 nitrogen and oxygen atoms in total. The van der Waals surface area contributed by atoms with Gasteiger partial charge in [0, 0.05) is 11.4 Å². The number of carbonyl (C=O) groups is 1. The van der Waals surface area contributed by atoms with Crippen LogP contribution in [0.1, 0.15) is 20.9 Å². The summed E-state index contributed by atoms with van der Waals surface area (Å²) in [6.45, 7) is 5.20. The number of rotatable bonds is 7. The molecule has 0 spiro atoms. The van der Waals surface area contributed by atoms with Crippen LogP contribution in [0.2, 0.25) is 4.34 Å². The Morgan fingerprint density at radius 2 is 2.08 bits per heavy atom. The molecular weight excluding hydrogens is 356 g/mol. The van der Waals surface area contributed by atoms with Gasteiger partial charge in [0.1, 0.15) is 0 Å². The largest absolute Gasteiger partial charge is 0.328 e. The zero-order chi connectivity index (χ0) is 17.6.